The molecule has 0 atom stereocenters. The summed E-state index contributed by atoms with van der Waals surface area (Å²) in [5.74, 6) is 1.83. The van der Waals surface area contributed by atoms with Crippen LogP contribution in [0.4, 0.5) is 0 Å². The lowest BCUT2D eigenvalue weighted by Crippen LogP contribution is -1.93. The summed E-state index contributed by atoms with van der Waals surface area (Å²) < 4.78 is 6.36. The number of fused-ring (bicyclic) bond motifs is 1. The summed E-state index contributed by atoms with van der Waals surface area (Å²) in [4.78, 5) is 0. The Hall–Kier alpha value is -3.06. The van der Waals surface area contributed by atoms with E-state index in [1.165, 1.54) is 33.0 Å². The molecule has 4 aromatic rings. The Bertz CT molecular complexity index is 1060. The van der Waals surface area contributed by atoms with Crippen molar-refractivity contribution in [3.63, 3.8) is 0 Å². The van der Waals surface area contributed by atoms with Gasteiger partial charge in [0, 0.05) is 0 Å². The predicted molar refractivity (Wildman–Crippen MR) is 115 cm³/mol. The molecule has 0 saturated carbocycles. The molecule has 0 amide bonds. The van der Waals surface area contributed by atoms with Gasteiger partial charge in [0.2, 0.25) is 0 Å². The van der Waals surface area contributed by atoms with Gasteiger partial charge in [0.15, 0.2) is 0 Å². The zero-order chi connectivity index (χ0) is 18.6. The van der Waals surface area contributed by atoms with Crippen molar-refractivity contribution in [2.45, 2.75) is 26.7 Å². The summed E-state index contributed by atoms with van der Waals surface area (Å²) in [6.45, 7) is 4.32. The Morgan fingerprint density at radius 1 is 0.704 bits per heavy atom. The van der Waals surface area contributed by atoms with Crippen LogP contribution in [0.15, 0.2) is 84.9 Å². The molecule has 0 spiro atoms. The highest BCUT2D eigenvalue weighted by molar-refractivity contribution is 5.83. The van der Waals surface area contributed by atoms with Crippen molar-refractivity contribution >= 4 is 10.8 Å². The van der Waals surface area contributed by atoms with Gasteiger partial charge in [-0.1, -0.05) is 85.6 Å². The molecular formula is C26H24O. The molecule has 0 fully saturated rings. The van der Waals surface area contributed by atoms with Gasteiger partial charge in [-0.15, -0.1) is 0 Å². The lowest BCUT2D eigenvalue weighted by atomic mass is 10.0. The molecule has 0 aliphatic carbocycles. The molecule has 134 valence electrons. The first-order valence-electron chi connectivity index (χ1n) is 9.59. The summed E-state index contributed by atoms with van der Waals surface area (Å²) in [5.41, 5.74) is 4.92. The maximum absolute atomic E-state index is 6.36. The zero-order valence-corrected chi connectivity index (χ0v) is 15.9. The van der Waals surface area contributed by atoms with E-state index in [4.69, 9.17) is 4.74 Å². The second-order valence-corrected chi connectivity index (χ2v) is 7.05. The highest BCUT2D eigenvalue weighted by atomic mass is 16.5. The van der Waals surface area contributed by atoms with Gasteiger partial charge in [0.1, 0.15) is 11.5 Å². The van der Waals surface area contributed by atoms with Crippen molar-refractivity contribution in [1.29, 1.82) is 0 Å². The normalized spacial score (nSPS) is 10.9. The van der Waals surface area contributed by atoms with Gasteiger partial charge in [-0.3, -0.25) is 0 Å². The van der Waals surface area contributed by atoms with Crippen LogP contribution in [0.25, 0.3) is 21.9 Å². The van der Waals surface area contributed by atoms with Crippen LogP contribution in [0, 0.1) is 6.92 Å². The van der Waals surface area contributed by atoms with Crippen LogP contribution < -0.4 is 4.74 Å². The SMILES string of the molecule is CCCc1ccc(-c2ccc(C)cc2)cc1Oc1ccc2ccccc2c1. The maximum Gasteiger partial charge on any atom is 0.131 e. The van der Waals surface area contributed by atoms with E-state index in [9.17, 15) is 0 Å². The van der Waals surface area contributed by atoms with E-state index in [1.54, 1.807) is 0 Å². The fourth-order valence-electron chi connectivity index (χ4n) is 3.41. The average Bonchev–Trinajstić information content (AvgIpc) is 2.70. The number of benzene rings is 4. The summed E-state index contributed by atoms with van der Waals surface area (Å²) in [5, 5.41) is 2.42. The van der Waals surface area contributed by atoms with Gasteiger partial charge in [0.25, 0.3) is 0 Å². The molecule has 0 aromatic heterocycles. The first-order valence-corrected chi connectivity index (χ1v) is 9.59. The van der Waals surface area contributed by atoms with Crippen LogP contribution in [0.2, 0.25) is 0 Å². The van der Waals surface area contributed by atoms with Gasteiger partial charge in [-0.2, -0.15) is 0 Å². The highest BCUT2D eigenvalue weighted by Crippen LogP contribution is 2.33. The summed E-state index contributed by atoms with van der Waals surface area (Å²) in [6, 6.07) is 29.9. The zero-order valence-electron chi connectivity index (χ0n) is 15.9. The van der Waals surface area contributed by atoms with Crippen molar-refractivity contribution in [3.05, 3.63) is 96.1 Å². The number of ether oxygens (including phenoxy) is 1. The van der Waals surface area contributed by atoms with Gasteiger partial charge in [-0.05, 0) is 59.0 Å². The molecule has 27 heavy (non-hydrogen) atoms. The Balaban J connectivity index is 1.71. The average molecular weight is 352 g/mol. The quantitative estimate of drug-likeness (QED) is 0.360. The fraction of sp³-hybridized carbons (Fsp3) is 0.154. The molecule has 1 heteroatoms. The lowest BCUT2D eigenvalue weighted by molar-refractivity contribution is 0.476. The molecular weight excluding hydrogens is 328 g/mol. The van der Waals surface area contributed by atoms with E-state index in [0.29, 0.717) is 0 Å². The van der Waals surface area contributed by atoms with Crippen molar-refractivity contribution in [3.8, 4) is 22.6 Å². The van der Waals surface area contributed by atoms with Crippen molar-refractivity contribution in [2.24, 2.45) is 0 Å². The van der Waals surface area contributed by atoms with E-state index < -0.39 is 0 Å². The summed E-state index contributed by atoms with van der Waals surface area (Å²) >= 11 is 0. The first kappa shape index (κ1) is 17.4. The van der Waals surface area contributed by atoms with Crippen LogP contribution in [0.5, 0.6) is 11.5 Å². The fourth-order valence-corrected chi connectivity index (χ4v) is 3.41. The number of hydrogen-bond donors (Lipinski definition) is 0. The third-order valence-electron chi connectivity index (χ3n) is 4.92. The summed E-state index contributed by atoms with van der Waals surface area (Å²) in [7, 11) is 0. The number of hydrogen-bond acceptors (Lipinski definition) is 1. The minimum absolute atomic E-state index is 0.882. The standard InChI is InChI=1S/C26H24O/c1-3-6-22-13-14-24(21-11-9-19(2)10-12-21)18-26(22)27-25-16-15-20-7-4-5-8-23(20)17-25/h4-5,7-18H,3,6H2,1-2H3. The predicted octanol–water partition coefficient (Wildman–Crippen LogP) is 7.56. The smallest absolute Gasteiger partial charge is 0.131 e. The molecule has 0 radical (unpaired) electrons. The van der Waals surface area contributed by atoms with Crippen LogP contribution >= 0.6 is 0 Å². The van der Waals surface area contributed by atoms with E-state index in [0.717, 1.165) is 24.3 Å². The van der Waals surface area contributed by atoms with Crippen molar-refractivity contribution in [2.75, 3.05) is 0 Å². The highest BCUT2D eigenvalue weighted by Gasteiger charge is 2.08. The van der Waals surface area contributed by atoms with Gasteiger partial charge in [-0.25, -0.2) is 0 Å². The monoisotopic (exact) mass is 352 g/mol. The molecule has 0 N–H and O–H groups in total. The van der Waals surface area contributed by atoms with Gasteiger partial charge in [0.05, 0.1) is 0 Å². The molecule has 0 unspecified atom stereocenters. The number of aryl methyl sites for hydroxylation is 2. The molecule has 0 heterocycles. The maximum atomic E-state index is 6.36. The Kier molecular flexibility index (Phi) is 4.93. The Morgan fingerprint density at radius 3 is 2.22 bits per heavy atom. The molecule has 4 aromatic carbocycles. The van der Waals surface area contributed by atoms with Gasteiger partial charge >= 0.3 is 0 Å². The van der Waals surface area contributed by atoms with Crippen LogP contribution in [0.3, 0.4) is 0 Å². The van der Waals surface area contributed by atoms with E-state index in [2.05, 4.69) is 98.8 Å². The van der Waals surface area contributed by atoms with Crippen LogP contribution in [-0.2, 0) is 6.42 Å². The molecule has 1 nitrogen and oxygen atoms in total. The van der Waals surface area contributed by atoms with E-state index >= 15 is 0 Å². The van der Waals surface area contributed by atoms with E-state index in [1.807, 2.05) is 0 Å². The number of rotatable bonds is 5. The second kappa shape index (κ2) is 7.67. The van der Waals surface area contributed by atoms with Crippen LogP contribution in [-0.4, -0.2) is 0 Å². The molecule has 0 saturated heterocycles. The Labute approximate surface area is 161 Å². The Morgan fingerprint density at radius 2 is 1.44 bits per heavy atom. The molecule has 0 aliphatic heterocycles. The third kappa shape index (κ3) is 3.88. The van der Waals surface area contributed by atoms with Gasteiger partial charge < -0.3 is 4.74 Å². The third-order valence-corrected chi connectivity index (χ3v) is 4.92. The minimum atomic E-state index is 0.882. The van der Waals surface area contributed by atoms with E-state index in [-0.39, 0.29) is 0 Å². The van der Waals surface area contributed by atoms with Crippen molar-refractivity contribution < 1.29 is 4.74 Å². The first-order chi connectivity index (χ1) is 13.2. The minimum Gasteiger partial charge on any atom is -0.457 e. The van der Waals surface area contributed by atoms with Crippen LogP contribution in [0.1, 0.15) is 24.5 Å². The second-order valence-electron chi connectivity index (χ2n) is 7.05. The topological polar surface area (TPSA) is 9.23 Å². The largest absolute Gasteiger partial charge is 0.457 e. The lowest BCUT2D eigenvalue weighted by Gasteiger charge is -2.14. The summed E-state index contributed by atoms with van der Waals surface area (Å²) in [6.07, 6.45) is 2.11. The van der Waals surface area contributed by atoms with Crippen molar-refractivity contribution in [1.82, 2.24) is 0 Å². The molecule has 0 bridgehead atoms. The molecule has 4 rings (SSSR count). The molecule has 0 aliphatic rings.